The van der Waals surface area contributed by atoms with E-state index >= 15 is 0 Å². The summed E-state index contributed by atoms with van der Waals surface area (Å²) in [6.07, 6.45) is -4.04. The Morgan fingerprint density at radius 2 is 1.72 bits per heavy atom. The molecule has 32 heavy (non-hydrogen) atoms. The van der Waals surface area contributed by atoms with Gasteiger partial charge in [-0.25, -0.2) is 22.2 Å². The number of hydrogen-bond donors (Lipinski definition) is 1. The second-order valence-electron chi connectivity index (χ2n) is 7.27. The molecule has 1 fully saturated rings. The van der Waals surface area contributed by atoms with E-state index in [9.17, 15) is 35.5 Å². The number of aromatic hydroxyl groups is 1. The third-order valence-corrected chi connectivity index (χ3v) is 6.46. The molecule has 0 amide bonds. The molecule has 0 unspecified atom stereocenters. The molecule has 0 aliphatic carbocycles. The average Bonchev–Trinajstić information content (AvgIpc) is 3.13. The van der Waals surface area contributed by atoms with E-state index in [1.165, 1.54) is 10.4 Å². The van der Waals surface area contributed by atoms with Crippen LogP contribution in [0.3, 0.4) is 0 Å². The van der Waals surface area contributed by atoms with Crippen LogP contribution >= 0.6 is 0 Å². The van der Waals surface area contributed by atoms with Crippen LogP contribution in [0.5, 0.6) is 5.75 Å². The Kier molecular flexibility index (Phi) is 5.28. The summed E-state index contributed by atoms with van der Waals surface area (Å²) in [7, 11) is -3.30. The largest absolute Gasteiger partial charge is 0.503 e. The fourth-order valence-corrected chi connectivity index (χ4v) is 4.32. The topological polar surface area (TPSA) is 86.9 Å². The smallest absolute Gasteiger partial charge is 0.419 e. The van der Waals surface area contributed by atoms with E-state index in [1.807, 2.05) is 4.90 Å². The number of fused-ring (bicyclic) bond motifs is 1. The van der Waals surface area contributed by atoms with Crippen LogP contribution in [0.2, 0.25) is 0 Å². The summed E-state index contributed by atoms with van der Waals surface area (Å²) >= 11 is 0. The molecule has 2 aromatic carbocycles. The van der Waals surface area contributed by atoms with Crippen LogP contribution in [0, 0.1) is 11.6 Å². The van der Waals surface area contributed by atoms with Crippen LogP contribution in [0.25, 0.3) is 22.6 Å². The highest BCUT2D eigenvalue weighted by Crippen LogP contribution is 2.41. The van der Waals surface area contributed by atoms with Crippen molar-refractivity contribution in [2.75, 3.05) is 37.3 Å². The minimum absolute atomic E-state index is 0.135. The van der Waals surface area contributed by atoms with Gasteiger partial charge in [-0.2, -0.15) is 17.5 Å². The zero-order valence-corrected chi connectivity index (χ0v) is 17.3. The number of anilines is 1. The van der Waals surface area contributed by atoms with Crippen molar-refractivity contribution >= 4 is 26.8 Å². The van der Waals surface area contributed by atoms with Crippen molar-refractivity contribution in [2.45, 2.75) is 6.18 Å². The number of benzene rings is 2. The van der Waals surface area contributed by atoms with E-state index in [0.717, 1.165) is 6.26 Å². The number of piperazine rings is 1. The number of phenols is 1. The molecule has 0 radical (unpaired) electrons. The molecule has 13 heteroatoms. The number of phenolic OH excluding ortho intramolecular Hbond substituents is 1. The summed E-state index contributed by atoms with van der Waals surface area (Å²) in [5, 5.41) is 9.49. The number of hydrogen-bond acceptors (Lipinski definition) is 6. The minimum atomic E-state index is -5.17. The van der Waals surface area contributed by atoms with Crippen molar-refractivity contribution in [3.8, 4) is 17.2 Å². The molecule has 0 bridgehead atoms. The van der Waals surface area contributed by atoms with Gasteiger partial charge in [-0.15, -0.1) is 0 Å². The van der Waals surface area contributed by atoms with E-state index in [1.54, 1.807) is 12.1 Å². The third-order valence-electron chi connectivity index (χ3n) is 5.16. The highest BCUT2D eigenvalue weighted by molar-refractivity contribution is 7.88. The van der Waals surface area contributed by atoms with Crippen LogP contribution in [-0.2, 0) is 16.2 Å². The summed E-state index contributed by atoms with van der Waals surface area (Å²) in [5.41, 5.74) is -1.70. The van der Waals surface area contributed by atoms with Crippen LogP contribution in [0.4, 0.5) is 27.6 Å². The Morgan fingerprint density at radius 3 is 2.31 bits per heavy atom. The summed E-state index contributed by atoms with van der Waals surface area (Å²) in [6.45, 7) is 1.36. The Bertz CT molecular complexity index is 1300. The predicted molar refractivity (Wildman–Crippen MR) is 105 cm³/mol. The Balaban J connectivity index is 1.68. The maximum Gasteiger partial charge on any atom is 0.419 e. The molecule has 0 spiro atoms. The molecular formula is C19H16F5N3O4S. The molecule has 4 rings (SSSR count). The first-order valence-electron chi connectivity index (χ1n) is 9.25. The molecule has 1 aliphatic heterocycles. The van der Waals surface area contributed by atoms with Crippen molar-refractivity contribution in [1.29, 1.82) is 0 Å². The van der Waals surface area contributed by atoms with Gasteiger partial charge in [-0.05, 0) is 24.3 Å². The van der Waals surface area contributed by atoms with Gasteiger partial charge in [-0.3, -0.25) is 0 Å². The molecule has 1 aromatic heterocycles. The van der Waals surface area contributed by atoms with Crippen molar-refractivity contribution in [2.24, 2.45) is 0 Å². The number of nitrogens with zero attached hydrogens (tertiary/aromatic N) is 3. The molecule has 1 aliphatic rings. The van der Waals surface area contributed by atoms with Crippen LogP contribution in [0.15, 0.2) is 28.7 Å². The van der Waals surface area contributed by atoms with Crippen LogP contribution in [-0.4, -0.2) is 55.2 Å². The minimum Gasteiger partial charge on any atom is -0.503 e. The first-order valence-corrected chi connectivity index (χ1v) is 11.1. The zero-order valence-electron chi connectivity index (χ0n) is 16.4. The molecule has 1 saturated heterocycles. The van der Waals surface area contributed by atoms with Crippen molar-refractivity contribution in [3.63, 3.8) is 0 Å². The number of aromatic nitrogens is 1. The molecule has 2 heterocycles. The summed E-state index contributed by atoms with van der Waals surface area (Å²) in [6, 6.07) is 4.88. The molecule has 0 saturated carbocycles. The van der Waals surface area contributed by atoms with E-state index in [0.29, 0.717) is 18.8 Å². The van der Waals surface area contributed by atoms with Gasteiger partial charge in [0.05, 0.1) is 17.4 Å². The summed E-state index contributed by atoms with van der Waals surface area (Å²) in [4.78, 5) is 5.90. The number of halogens is 5. The first-order chi connectivity index (χ1) is 14.9. The lowest BCUT2D eigenvalue weighted by Gasteiger charge is -2.34. The van der Waals surface area contributed by atoms with Gasteiger partial charge in [0.15, 0.2) is 23.0 Å². The summed E-state index contributed by atoms with van der Waals surface area (Å²) < 4.78 is 97.2. The maximum atomic E-state index is 14.3. The van der Waals surface area contributed by atoms with Gasteiger partial charge in [-0.1, -0.05) is 0 Å². The van der Waals surface area contributed by atoms with Crippen molar-refractivity contribution in [3.05, 3.63) is 41.5 Å². The second kappa shape index (κ2) is 7.59. The fourth-order valence-electron chi connectivity index (χ4n) is 3.49. The molecule has 7 nitrogen and oxygen atoms in total. The van der Waals surface area contributed by atoms with Crippen LogP contribution in [0.1, 0.15) is 5.56 Å². The Hall–Kier alpha value is -2.93. The van der Waals surface area contributed by atoms with Gasteiger partial charge in [0, 0.05) is 31.9 Å². The lowest BCUT2D eigenvalue weighted by molar-refractivity contribution is -0.140. The predicted octanol–water partition coefficient (Wildman–Crippen LogP) is 3.58. The number of alkyl halides is 3. The number of oxazole rings is 1. The van der Waals surface area contributed by atoms with Crippen molar-refractivity contribution < 1.29 is 39.9 Å². The van der Waals surface area contributed by atoms with Gasteiger partial charge in [0.25, 0.3) is 0 Å². The number of sulfonamides is 1. The van der Waals surface area contributed by atoms with E-state index in [4.69, 9.17) is 4.42 Å². The third kappa shape index (κ3) is 3.97. The SMILES string of the molecule is CS(=O)(=O)N1CCN(c2ccc3oc(-c4cc(C(F)(F)F)c(F)c(O)c4F)nc3c2)CC1. The van der Waals surface area contributed by atoms with Gasteiger partial charge in [0.2, 0.25) is 15.9 Å². The normalized spacial score (nSPS) is 16.1. The molecule has 3 aromatic rings. The molecule has 1 N–H and O–H groups in total. The summed E-state index contributed by atoms with van der Waals surface area (Å²) in [5.74, 6) is -6.08. The van der Waals surface area contributed by atoms with E-state index in [-0.39, 0.29) is 30.3 Å². The van der Waals surface area contributed by atoms with Gasteiger partial charge in [0.1, 0.15) is 5.52 Å². The monoisotopic (exact) mass is 477 g/mol. The van der Waals surface area contributed by atoms with Gasteiger partial charge >= 0.3 is 6.18 Å². The standard InChI is InChI=1S/C19H16F5N3O4S/c1-32(29,30)27-6-4-26(5-7-27)10-2-3-14-13(8-10)25-18(31-14)11-9-12(19(22,23)24)16(21)17(28)15(11)20/h2-3,8-9,28H,4-7H2,1H3. The molecule has 172 valence electrons. The quantitative estimate of drug-likeness (QED) is 0.581. The van der Waals surface area contributed by atoms with Crippen molar-refractivity contribution in [1.82, 2.24) is 9.29 Å². The lowest BCUT2D eigenvalue weighted by atomic mass is 10.1. The Labute approximate surface area is 178 Å². The highest BCUT2D eigenvalue weighted by Gasteiger charge is 2.38. The molecular weight excluding hydrogens is 461 g/mol. The van der Waals surface area contributed by atoms with E-state index < -0.39 is 50.6 Å². The van der Waals surface area contributed by atoms with Gasteiger partial charge < -0.3 is 14.4 Å². The second-order valence-corrected chi connectivity index (χ2v) is 9.25. The van der Waals surface area contributed by atoms with E-state index in [2.05, 4.69) is 4.98 Å². The average molecular weight is 477 g/mol. The highest BCUT2D eigenvalue weighted by atomic mass is 32.2. The first kappa shape index (κ1) is 22.3. The Morgan fingerprint density at radius 1 is 1.06 bits per heavy atom. The van der Waals surface area contributed by atoms with Crippen LogP contribution < -0.4 is 4.90 Å². The lowest BCUT2D eigenvalue weighted by Crippen LogP contribution is -2.48. The zero-order chi connectivity index (χ0) is 23.4. The molecule has 0 atom stereocenters. The maximum absolute atomic E-state index is 14.3. The number of rotatable bonds is 3. The fraction of sp³-hybridized carbons (Fsp3) is 0.316.